The minimum Gasteiger partial charge on any atom is -0.461 e. The van der Waals surface area contributed by atoms with Gasteiger partial charge in [-0.15, -0.1) is 0 Å². The second kappa shape index (κ2) is 16.0. The first kappa shape index (κ1) is 31.3. The molecule has 0 aromatic heterocycles. The van der Waals surface area contributed by atoms with Crippen LogP contribution in [0.5, 0.6) is 0 Å². The van der Waals surface area contributed by atoms with Crippen LogP contribution in [0.25, 0.3) is 0 Å². The van der Waals surface area contributed by atoms with E-state index in [1.807, 2.05) is 0 Å². The SMILES string of the molecule is CO[SiH2]O[Si](C)(C)C.CO[Si](C)(C)C.C[SiH2]O[Si](C)(C)C.[V]. The van der Waals surface area contributed by atoms with Gasteiger partial charge in [0.05, 0.1) is 0 Å². The average molecular weight is 440 g/mol. The third-order valence-electron chi connectivity index (χ3n) is 1.80. The van der Waals surface area contributed by atoms with E-state index in [2.05, 4.69) is 65.5 Å². The maximum atomic E-state index is 5.51. The number of hydrogen-bond donors (Lipinski definition) is 0. The maximum absolute atomic E-state index is 5.51. The van der Waals surface area contributed by atoms with Crippen molar-refractivity contribution in [2.24, 2.45) is 0 Å². The summed E-state index contributed by atoms with van der Waals surface area (Å²) >= 11 is 0. The molecule has 0 saturated carbocycles. The molecule has 137 valence electrons. The Bertz CT molecular complexity index is 227. The fourth-order valence-electron chi connectivity index (χ4n) is 0.669. The van der Waals surface area contributed by atoms with E-state index in [4.69, 9.17) is 17.1 Å². The van der Waals surface area contributed by atoms with Crippen molar-refractivity contribution < 1.29 is 35.6 Å². The molecule has 0 atom stereocenters. The van der Waals surface area contributed by atoms with Crippen LogP contribution in [0.1, 0.15) is 0 Å². The van der Waals surface area contributed by atoms with Gasteiger partial charge in [0, 0.05) is 32.8 Å². The Morgan fingerprint density at radius 3 is 1.00 bits per heavy atom. The molecule has 0 rings (SSSR count). The summed E-state index contributed by atoms with van der Waals surface area (Å²) in [6, 6.07) is 0. The van der Waals surface area contributed by atoms with Crippen molar-refractivity contribution in [2.75, 3.05) is 14.2 Å². The van der Waals surface area contributed by atoms with E-state index in [1.165, 1.54) is 0 Å². The molecule has 0 unspecified atom stereocenters. The van der Waals surface area contributed by atoms with Crippen molar-refractivity contribution in [2.45, 2.75) is 65.5 Å². The van der Waals surface area contributed by atoms with Gasteiger partial charge in [0.15, 0.2) is 25.0 Å². The Hall–Kier alpha value is 1.51. The van der Waals surface area contributed by atoms with E-state index in [1.54, 1.807) is 14.2 Å². The molecule has 0 aromatic rings. The van der Waals surface area contributed by atoms with Crippen molar-refractivity contribution in [1.29, 1.82) is 0 Å². The molecule has 0 aliphatic heterocycles. The Labute approximate surface area is 159 Å². The van der Waals surface area contributed by atoms with Gasteiger partial charge in [-0.3, -0.25) is 0 Å². The molecule has 0 N–H and O–H groups in total. The molecular formula is C12H40O4Si5V. The van der Waals surface area contributed by atoms with Crippen LogP contribution in [0.4, 0.5) is 0 Å². The molecule has 0 saturated heterocycles. The van der Waals surface area contributed by atoms with Gasteiger partial charge in [0.1, 0.15) is 9.76 Å². The zero-order valence-corrected chi connectivity index (χ0v) is 24.2. The van der Waals surface area contributed by atoms with E-state index < -0.39 is 35.0 Å². The largest absolute Gasteiger partial charge is 0.461 e. The molecule has 4 nitrogen and oxygen atoms in total. The van der Waals surface area contributed by atoms with Crippen LogP contribution < -0.4 is 0 Å². The Morgan fingerprint density at radius 2 is 0.955 bits per heavy atom. The van der Waals surface area contributed by atoms with Crippen molar-refractivity contribution in [1.82, 2.24) is 0 Å². The molecule has 0 bridgehead atoms. The molecule has 0 spiro atoms. The predicted molar refractivity (Wildman–Crippen MR) is 109 cm³/mol. The third kappa shape index (κ3) is 49.6. The van der Waals surface area contributed by atoms with Crippen LogP contribution in [-0.4, -0.2) is 58.9 Å². The van der Waals surface area contributed by atoms with Crippen molar-refractivity contribution in [3.63, 3.8) is 0 Å². The molecule has 0 aromatic carbocycles. The fourth-order valence-corrected chi connectivity index (χ4v) is 6.02. The first-order valence-electron chi connectivity index (χ1n) is 7.50. The van der Waals surface area contributed by atoms with Gasteiger partial charge in [0.25, 0.3) is 10.0 Å². The van der Waals surface area contributed by atoms with Gasteiger partial charge in [-0.1, -0.05) is 6.55 Å². The van der Waals surface area contributed by atoms with Crippen LogP contribution in [0, 0.1) is 0 Å². The molecule has 22 heavy (non-hydrogen) atoms. The minimum atomic E-state index is -1.24. The molecule has 0 aliphatic rings. The summed E-state index contributed by atoms with van der Waals surface area (Å²) < 4.78 is 20.9. The van der Waals surface area contributed by atoms with E-state index >= 15 is 0 Å². The molecular weight excluding hydrogens is 400 g/mol. The number of rotatable bonds is 6. The van der Waals surface area contributed by atoms with Crippen molar-refractivity contribution >= 4 is 44.7 Å². The van der Waals surface area contributed by atoms with E-state index in [0.29, 0.717) is 0 Å². The standard InChI is InChI=1S/C4H14O2Si2.C4H14OSi2.C4H12OSi.V/c1-5-7-6-8(2,3)4;1-6-5-7(2,3)4;1-5-6(2,3)4;/h7H2,1-4H3;6H2,1-4H3;1-4H3;. The van der Waals surface area contributed by atoms with Crippen molar-refractivity contribution in [3.8, 4) is 0 Å². The van der Waals surface area contributed by atoms with Gasteiger partial charge in [-0.2, -0.15) is 0 Å². The van der Waals surface area contributed by atoms with Gasteiger partial charge >= 0.3 is 0 Å². The Morgan fingerprint density at radius 1 is 0.636 bits per heavy atom. The van der Waals surface area contributed by atoms with Crippen LogP contribution in [0.15, 0.2) is 0 Å². The molecule has 10 heteroatoms. The monoisotopic (exact) mass is 439 g/mol. The van der Waals surface area contributed by atoms with Gasteiger partial charge in [-0.25, -0.2) is 0 Å². The average Bonchev–Trinajstić information content (AvgIpc) is 2.24. The normalized spacial score (nSPS) is 12.5. The third-order valence-corrected chi connectivity index (χ3v) is 11.8. The van der Waals surface area contributed by atoms with Crippen LogP contribution in [0.3, 0.4) is 0 Å². The van der Waals surface area contributed by atoms with E-state index in [0.717, 1.165) is 0 Å². The second-order valence-corrected chi connectivity index (χ2v) is 24.3. The summed E-state index contributed by atoms with van der Waals surface area (Å²) in [5.41, 5.74) is 0. The van der Waals surface area contributed by atoms with E-state index in [9.17, 15) is 0 Å². The molecule has 0 heterocycles. The fraction of sp³-hybridized carbons (Fsp3) is 1.00. The molecule has 0 fully saturated rings. The van der Waals surface area contributed by atoms with Gasteiger partial charge < -0.3 is 17.1 Å². The second-order valence-electron chi connectivity index (χ2n) is 7.53. The zero-order valence-electron chi connectivity index (χ0n) is 17.0. The quantitative estimate of drug-likeness (QED) is 0.596. The summed E-state index contributed by atoms with van der Waals surface area (Å²) in [5, 5.41) is 0. The van der Waals surface area contributed by atoms with Crippen LogP contribution in [-0.2, 0) is 35.6 Å². The first-order chi connectivity index (χ1) is 9.18. The van der Waals surface area contributed by atoms with Gasteiger partial charge in [0.2, 0.25) is 0 Å². The summed E-state index contributed by atoms with van der Waals surface area (Å²) in [5.74, 6) is 0. The minimum absolute atomic E-state index is 0. The Balaban J connectivity index is -0.000000109. The molecule has 0 amide bonds. The van der Waals surface area contributed by atoms with Crippen molar-refractivity contribution in [3.05, 3.63) is 0 Å². The maximum Gasteiger partial charge on any atom is 0.293 e. The first-order valence-corrected chi connectivity index (χ1v) is 20.9. The Kier molecular flexibility index (Phi) is 22.8. The summed E-state index contributed by atoms with van der Waals surface area (Å²) in [6.07, 6.45) is 0. The van der Waals surface area contributed by atoms with Crippen LogP contribution in [0.2, 0.25) is 65.5 Å². The number of hydrogen-bond acceptors (Lipinski definition) is 4. The topological polar surface area (TPSA) is 36.9 Å². The van der Waals surface area contributed by atoms with Crippen LogP contribution >= 0.6 is 0 Å². The van der Waals surface area contributed by atoms with Gasteiger partial charge in [-0.05, 0) is 58.9 Å². The zero-order chi connectivity index (χ0) is 17.7. The summed E-state index contributed by atoms with van der Waals surface area (Å²) in [4.78, 5) is 0. The smallest absolute Gasteiger partial charge is 0.293 e. The summed E-state index contributed by atoms with van der Waals surface area (Å²) in [7, 11) is -0.747. The molecule has 1 radical (unpaired) electrons. The predicted octanol–water partition coefficient (Wildman–Crippen LogP) is 2.92. The van der Waals surface area contributed by atoms with E-state index in [-0.39, 0.29) is 28.3 Å². The molecule has 0 aliphatic carbocycles. The summed E-state index contributed by atoms with van der Waals surface area (Å²) in [6.45, 7) is 21.8.